The molecule has 1 aliphatic carbocycles. The Morgan fingerprint density at radius 1 is 1.27 bits per heavy atom. The third kappa shape index (κ3) is 2.13. The minimum absolute atomic E-state index is 0.0835. The van der Waals surface area contributed by atoms with E-state index in [0.717, 1.165) is 40.8 Å². The van der Waals surface area contributed by atoms with Crippen LogP contribution in [0.25, 0.3) is 10.2 Å². The van der Waals surface area contributed by atoms with Gasteiger partial charge in [-0.05, 0) is 42.5 Å². The average Bonchev–Trinajstić information content (AvgIpc) is 3.11. The molecule has 1 aromatic carbocycles. The van der Waals surface area contributed by atoms with E-state index in [4.69, 9.17) is 4.74 Å². The lowest BCUT2D eigenvalue weighted by Crippen LogP contribution is -2.21. The van der Waals surface area contributed by atoms with E-state index >= 15 is 0 Å². The molecule has 0 fully saturated rings. The maximum Gasteiger partial charge on any atom is 0.262 e. The van der Waals surface area contributed by atoms with E-state index in [1.165, 1.54) is 10.4 Å². The smallest absolute Gasteiger partial charge is 0.262 e. The highest BCUT2D eigenvalue weighted by Gasteiger charge is 2.21. The van der Waals surface area contributed by atoms with Crippen molar-refractivity contribution in [2.75, 3.05) is 7.11 Å². The molecule has 2 heterocycles. The summed E-state index contributed by atoms with van der Waals surface area (Å²) in [6.45, 7) is 0.538. The van der Waals surface area contributed by atoms with Gasteiger partial charge in [0.2, 0.25) is 0 Å². The van der Waals surface area contributed by atoms with Crippen molar-refractivity contribution in [3.63, 3.8) is 0 Å². The first-order valence-corrected chi connectivity index (χ1v) is 8.20. The minimum Gasteiger partial charge on any atom is -0.497 e. The van der Waals surface area contributed by atoms with E-state index in [-0.39, 0.29) is 5.56 Å². The summed E-state index contributed by atoms with van der Waals surface area (Å²) >= 11 is 1.68. The number of fused-ring (bicyclic) bond motifs is 3. The zero-order valence-electron chi connectivity index (χ0n) is 12.3. The van der Waals surface area contributed by atoms with E-state index < -0.39 is 0 Å². The minimum atomic E-state index is 0.0835. The molecule has 5 heteroatoms. The van der Waals surface area contributed by atoms with Gasteiger partial charge in [0, 0.05) is 4.88 Å². The van der Waals surface area contributed by atoms with Crippen molar-refractivity contribution in [3.05, 3.63) is 57.0 Å². The number of benzene rings is 1. The Morgan fingerprint density at radius 2 is 2.09 bits per heavy atom. The summed E-state index contributed by atoms with van der Waals surface area (Å²) in [5.74, 6) is 0.820. The van der Waals surface area contributed by atoms with Crippen LogP contribution < -0.4 is 10.3 Å². The molecule has 0 saturated heterocycles. The molecule has 112 valence electrons. The van der Waals surface area contributed by atoms with Gasteiger partial charge in [-0.25, -0.2) is 4.98 Å². The molecule has 4 rings (SSSR count). The molecule has 2 aromatic heterocycles. The summed E-state index contributed by atoms with van der Waals surface area (Å²) in [4.78, 5) is 19.5. The van der Waals surface area contributed by atoms with Crippen molar-refractivity contribution in [1.82, 2.24) is 9.55 Å². The zero-order valence-corrected chi connectivity index (χ0v) is 13.2. The van der Waals surface area contributed by atoms with Crippen molar-refractivity contribution < 1.29 is 4.74 Å². The molecule has 0 saturated carbocycles. The van der Waals surface area contributed by atoms with Crippen LogP contribution in [-0.2, 0) is 19.4 Å². The monoisotopic (exact) mass is 312 g/mol. The van der Waals surface area contributed by atoms with Crippen LogP contribution in [0.15, 0.2) is 35.4 Å². The quantitative estimate of drug-likeness (QED) is 0.747. The molecular formula is C17H16N2O2S. The number of rotatable bonds is 3. The fourth-order valence-electron chi connectivity index (χ4n) is 3.06. The number of thiophene rings is 1. The second kappa shape index (κ2) is 5.25. The van der Waals surface area contributed by atoms with Gasteiger partial charge in [-0.2, -0.15) is 0 Å². The van der Waals surface area contributed by atoms with Crippen molar-refractivity contribution in [3.8, 4) is 5.75 Å². The third-order valence-electron chi connectivity index (χ3n) is 4.20. The van der Waals surface area contributed by atoms with E-state index in [9.17, 15) is 4.79 Å². The summed E-state index contributed by atoms with van der Waals surface area (Å²) in [5.41, 5.74) is 2.39. The highest BCUT2D eigenvalue weighted by Crippen LogP contribution is 2.34. The highest BCUT2D eigenvalue weighted by atomic mass is 32.1. The standard InChI is InChI=1S/C17H16N2O2S/c1-21-12-7-5-11(6-8-12)9-19-10-18-16-15(17(19)20)13-3-2-4-14(13)22-16/h5-8,10H,2-4,9H2,1H3. The Morgan fingerprint density at radius 3 is 2.86 bits per heavy atom. The van der Waals surface area contributed by atoms with Gasteiger partial charge in [-0.15, -0.1) is 11.3 Å². The SMILES string of the molecule is COc1ccc(Cn2cnc3sc4c(c3c2=O)CCC4)cc1. The predicted molar refractivity (Wildman–Crippen MR) is 88.0 cm³/mol. The van der Waals surface area contributed by atoms with E-state index in [0.29, 0.717) is 6.54 Å². The van der Waals surface area contributed by atoms with Crippen molar-refractivity contribution in [2.45, 2.75) is 25.8 Å². The molecule has 0 amide bonds. The topological polar surface area (TPSA) is 44.1 Å². The van der Waals surface area contributed by atoms with Gasteiger partial charge in [0.05, 0.1) is 25.4 Å². The van der Waals surface area contributed by atoms with Gasteiger partial charge in [0.1, 0.15) is 10.6 Å². The van der Waals surface area contributed by atoms with E-state index in [1.54, 1.807) is 29.3 Å². The molecule has 0 N–H and O–H groups in total. The van der Waals surface area contributed by atoms with Crippen LogP contribution in [-0.4, -0.2) is 16.7 Å². The maximum atomic E-state index is 12.8. The van der Waals surface area contributed by atoms with Crippen LogP contribution >= 0.6 is 11.3 Å². The van der Waals surface area contributed by atoms with Crippen molar-refractivity contribution >= 4 is 21.6 Å². The number of aromatic nitrogens is 2. The van der Waals surface area contributed by atoms with Crippen molar-refractivity contribution in [1.29, 1.82) is 0 Å². The van der Waals surface area contributed by atoms with Gasteiger partial charge in [0.15, 0.2) is 0 Å². The Hall–Kier alpha value is -2.14. The molecule has 0 radical (unpaired) electrons. The number of hydrogen-bond acceptors (Lipinski definition) is 4. The lowest BCUT2D eigenvalue weighted by molar-refractivity contribution is 0.414. The molecule has 0 atom stereocenters. The molecule has 0 bridgehead atoms. The van der Waals surface area contributed by atoms with E-state index in [2.05, 4.69) is 4.98 Å². The number of nitrogens with zero attached hydrogens (tertiary/aromatic N) is 2. The van der Waals surface area contributed by atoms with Crippen LogP contribution in [0.2, 0.25) is 0 Å². The lowest BCUT2D eigenvalue weighted by Gasteiger charge is -2.07. The van der Waals surface area contributed by atoms with Crippen LogP contribution in [0.5, 0.6) is 5.75 Å². The van der Waals surface area contributed by atoms with Crippen LogP contribution in [0.4, 0.5) is 0 Å². The number of ether oxygens (including phenoxy) is 1. The predicted octanol–water partition coefficient (Wildman–Crippen LogP) is 3.00. The molecule has 3 aromatic rings. The summed E-state index contributed by atoms with van der Waals surface area (Å²) in [7, 11) is 1.65. The summed E-state index contributed by atoms with van der Waals surface area (Å²) < 4.78 is 6.87. The molecule has 1 aliphatic rings. The van der Waals surface area contributed by atoms with E-state index in [1.807, 2.05) is 24.3 Å². The zero-order chi connectivity index (χ0) is 15.1. The van der Waals surface area contributed by atoms with Gasteiger partial charge >= 0.3 is 0 Å². The maximum absolute atomic E-state index is 12.8. The normalized spacial score (nSPS) is 13.5. The van der Waals surface area contributed by atoms with Crippen LogP contribution in [0.3, 0.4) is 0 Å². The fourth-order valence-corrected chi connectivity index (χ4v) is 4.28. The largest absolute Gasteiger partial charge is 0.497 e. The van der Waals surface area contributed by atoms with Crippen LogP contribution in [0, 0.1) is 0 Å². The summed E-state index contributed by atoms with van der Waals surface area (Å²) in [5, 5.41) is 0.841. The highest BCUT2D eigenvalue weighted by molar-refractivity contribution is 7.18. The molecule has 22 heavy (non-hydrogen) atoms. The van der Waals surface area contributed by atoms with Crippen LogP contribution in [0.1, 0.15) is 22.4 Å². The first-order valence-electron chi connectivity index (χ1n) is 7.39. The molecule has 4 nitrogen and oxygen atoms in total. The lowest BCUT2D eigenvalue weighted by atomic mass is 10.2. The first-order chi connectivity index (χ1) is 10.8. The average molecular weight is 312 g/mol. The Kier molecular flexibility index (Phi) is 3.22. The molecule has 0 unspecified atom stereocenters. The summed E-state index contributed by atoms with van der Waals surface area (Å²) in [6.07, 6.45) is 4.93. The Labute approximate surface area is 132 Å². The summed E-state index contributed by atoms with van der Waals surface area (Å²) in [6, 6.07) is 7.78. The molecule has 0 aliphatic heterocycles. The van der Waals surface area contributed by atoms with Gasteiger partial charge in [-0.3, -0.25) is 9.36 Å². The fraction of sp³-hybridized carbons (Fsp3) is 0.294. The third-order valence-corrected chi connectivity index (χ3v) is 5.40. The van der Waals surface area contributed by atoms with Gasteiger partial charge < -0.3 is 4.74 Å². The number of hydrogen-bond donors (Lipinski definition) is 0. The van der Waals surface area contributed by atoms with Gasteiger partial charge in [-0.1, -0.05) is 12.1 Å². The first kappa shape index (κ1) is 13.5. The second-order valence-electron chi connectivity index (χ2n) is 5.56. The van der Waals surface area contributed by atoms with Gasteiger partial charge in [0.25, 0.3) is 5.56 Å². The van der Waals surface area contributed by atoms with Crippen molar-refractivity contribution in [2.24, 2.45) is 0 Å². The number of aryl methyl sites for hydroxylation is 2. The number of methoxy groups -OCH3 is 1. The Balaban J connectivity index is 1.75. The molecular weight excluding hydrogens is 296 g/mol. The second-order valence-corrected chi connectivity index (χ2v) is 6.65. The Bertz CT molecular complexity index is 893. The molecule has 0 spiro atoms.